The molecule has 1 aromatic heterocycles. The summed E-state index contributed by atoms with van der Waals surface area (Å²) >= 11 is 0. The minimum atomic E-state index is 0.199. The van der Waals surface area contributed by atoms with Crippen molar-refractivity contribution in [1.29, 1.82) is 0 Å². The molecule has 2 unspecified atom stereocenters. The van der Waals surface area contributed by atoms with Gasteiger partial charge in [-0.25, -0.2) is 0 Å². The van der Waals surface area contributed by atoms with E-state index in [9.17, 15) is 0 Å². The highest BCUT2D eigenvalue weighted by Crippen LogP contribution is 2.32. The summed E-state index contributed by atoms with van der Waals surface area (Å²) < 4.78 is 0. The predicted octanol–water partition coefficient (Wildman–Crippen LogP) is 3.11. The highest BCUT2D eigenvalue weighted by molar-refractivity contribution is 5.82. The highest BCUT2D eigenvalue weighted by Gasteiger charge is 2.29. The van der Waals surface area contributed by atoms with E-state index in [0.29, 0.717) is 6.04 Å². The molecule has 2 atom stereocenters. The Balaban J connectivity index is 2.11. The van der Waals surface area contributed by atoms with Crippen LogP contribution in [0.3, 0.4) is 0 Å². The molecule has 3 heteroatoms. The maximum Gasteiger partial charge on any atom is 0.0750 e. The van der Waals surface area contributed by atoms with Gasteiger partial charge in [0.05, 0.1) is 11.6 Å². The number of hydrogen-bond donors (Lipinski definition) is 1. The summed E-state index contributed by atoms with van der Waals surface area (Å²) in [6.45, 7) is 4.41. The monoisotopic (exact) mass is 269 g/mol. The van der Waals surface area contributed by atoms with Crippen LogP contribution in [0.1, 0.15) is 37.8 Å². The second-order valence-electron chi connectivity index (χ2n) is 5.66. The lowest BCUT2D eigenvalue weighted by atomic mass is 9.94. The van der Waals surface area contributed by atoms with E-state index in [1.807, 2.05) is 12.3 Å². The first-order chi connectivity index (χ1) is 9.81. The molecule has 0 radical (unpaired) electrons. The van der Waals surface area contributed by atoms with Gasteiger partial charge in [-0.05, 0) is 37.6 Å². The molecule has 1 aliphatic heterocycles. The number of rotatable bonds is 2. The first-order valence-corrected chi connectivity index (χ1v) is 7.64. The van der Waals surface area contributed by atoms with E-state index >= 15 is 0 Å². The third-order valence-electron chi connectivity index (χ3n) is 4.42. The molecule has 0 bridgehead atoms. The number of aromatic nitrogens is 1. The van der Waals surface area contributed by atoms with Gasteiger partial charge in [-0.1, -0.05) is 37.6 Å². The smallest absolute Gasteiger partial charge is 0.0750 e. The molecule has 1 aromatic carbocycles. The fourth-order valence-corrected chi connectivity index (χ4v) is 3.41. The first kappa shape index (κ1) is 13.5. The van der Waals surface area contributed by atoms with Crippen LogP contribution in [-0.2, 0) is 0 Å². The van der Waals surface area contributed by atoms with Gasteiger partial charge < -0.3 is 5.73 Å². The number of likely N-dealkylation sites (N-methyl/N-ethyl adjacent to an activating group) is 1. The number of fused-ring (bicyclic) bond motifs is 1. The molecular formula is C17H23N3. The lowest BCUT2D eigenvalue weighted by molar-refractivity contribution is 0.196. The number of para-hydroxylation sites is 1. The molecule has 0 aliphatic carbocycles. The average molecular weight is 269 g/mol. The van der Waals surface area contributed by atoms with Gasteiger partial charge in [-0.3, -0.25) is 9.88 Å². The van der Waals surface area contributed by atoms with Crippen molar-refractivity contribution in [3.8, 4) is 0 Å². The van der Waals surface area contributed by atoms with Crippen LogP contribution in [0.15, 0.2) is 36.5 Å². The number of likely N-dealkylation sites (tertiary alicyclic amines) is 1. The molecule has 2 N–H and O–H groups in total. The van der Waals surface area contributed by atoms with E-state index in [2.05, 4.69) is 41.1 Å². The minimum absolute atomic E-state index is 0.199. The average Bonchev–Trinajstić information content (AvgIpc) is 2.68. The fraction of sp³-hybridized carbons (Fsp3) is 0.471. The Hall–Kier alpha value is -1.45. The second kappa shape index (κ2) is 5.90. The topological polar surface area (TPSA) is 42.1 Å². The number of pyridine rings is 1. The molecule has 1 aliphatic rings. The highest BCUT2D eigenvalue weighted by atomic mass is 15.2. The SMILES string of the molecule is CCN1CCCCC(N)C1c1cccc2cccnc12. The van der Waals surface area contributed by atoms with Crippen molar-refractivity contribution in [1.82, 2.24) is 9.88 Å². The van der Waals surface area contributed by atoms with Gasteiger partial charge in [0.2, 0.25) is 0 Å². The normalized spacial score (nSPS) is 24.7. The third-order valence-corrected chi connectivity index (χ3v) is 4.42. The Morgan fingerprint density at radius 1 is 1.25 bits per heavy atom. The van der Waals surface area contributed by atoms with E-state index in [1.165, 1.54) is 23.8 Å². The van der Waals surface area contributed by atoms with Gasteiger partial charge >= 0.3 is 0 Å². The van der Waals surface area contributed by atoms with Crippen LogP contribution in [0, 0.1) is 0 Å². The summed E-state index contributed by atoms with van der Waals surface area (Å²) in [4.78, 5) is 7.12. The van der Waals surface area contributed by atoms with Gasteiger partial charge in [0.1, 0.15) is 0 Å². The van der Waals surface area contributed by atoms with Gasteiger partial charge in [0, 0.05) is 17.6 Å². The molecule has 3 nitrogen and oxygen atoms in total. The second-order valence-corrected chi connectivity index (χ2v) is 5.66. The standard InChI is InChI=1S/C17H23N3/c1-2-20-12-4-3-10-15(18)17(20)14-9-5-7-13-8-6-11-19-16(13)14/h5-9,11,15,17H,2-4,10,12,18H2,1H3. The molecule has 106 valence electrons. The predicted molar refractivity (Wildman–Crippen MR) is 83.6 cm³/mol. The van der Waals surface area contributed by atoms with Crippen molar-refractivity contribution in [2.24, 2.45) is 5.73 Å². The van der Waals surface area contributed by atoms with Crippen molar-refractivity contribution in [3.05, 3.63) is 42.1 Å². The number of benzene rings is 1. The zero-order valence-corrected chi connectivity index (χ0v) is 12.1. The molecule has 0 saturated carbocycles. The first-order valence-electron chi connectivity index (χ1n) is 7.64. The fourth-order valence-electron chi connectivity index (χ4n) is 3.41. The van der Waals surface area contributed by atoms with Crippen LogP contribution < -0.4 is 5.73 Å². The van der Waals surface area contributed by atoms with Crippen molar-refractivity contribution in [3.63, 3.8) is 0 Å². The summed E-state index contributed by atoms with van der Waals surface area (Å²) in [5.41, 5.74) is 8.90. The molecule has 1 saturated heterocycles. The van der Waals surface area contributed by atoms with Crippen LogP contribution in [0.5, 0.6) is 0 Å². The van der Waals surface area contributed by atoms with Crippen molar-refractivity contribution in [2.75, 3.05) is 13.1 Å². The van der Waals surface area contributed by atoms with Crippen molar-refractivity contribution in [2.45, 2.75) is 38.3 Å². The van der Waals surface area contributed by atoms with Gasteiger partial charge in [0.25, 0.3) is 0 Å². The molecular weight excluding hydrogens is 246 g/mol. The summed E-state index contributed by atoms with van der Waals surface area (Å²) in [6.07, 6.45) is 5.46. The van der Waals surface area contributed by atoms with Crippen LogP contribution in [0.25, 0.3) is 10.9 Å². The number of nitrogens with two attached hydrogens (primary N) is 1. The third kappa shape index (κ3) is 2.43. The summed E-state index contributed by atoms with van der Waals surface area (Å²) in [5, 5.41) is 1.21. The molecule has 1 fully saturated rings. The Kier molecular flexibility index (Phi) is 3.99. The Morgan fingerprint density at radius 2 is 2.10 bits per heavy atom. The van der Waals surface area contributed by atoms with E-state index in [4.69, 9.17) is 5.73 Å². The summed E-state index contributed by atoms with van der Waals surface area (Å²) in [6, 6.07) is 11.1. The summed E-state index contributed by atoms with van der Waals surface area (Å²) in [5.74, 6) is 0. The Morgan fingerprint density at radius 3 is 2.95 bits per heavy atom. The molecule has 2 aromatic rings. The molecule has 0 amide bonds. The number of hydrogen-bond acceptors (Lipinski definition) is 3. The molecule has 0 spiro atoms. The van der Waals surface area contributed by atoms with E-state index in [1.54, 1.807) is 0 Å². The van der Waals surface area contributed by atoms with Crippen LogP contribution >= 0.6 is 0 Å². The Labute approximate surface area is 120 Å². The maximum atomic E-state index is 6.50. The molecule has 20 heavy (non-hydrogen) atoms. The van der Waals surface area contributed by atoms with E-state index < -0.39 is 0 Å². The Bertz CT molecular complexity index is 576. The van der Waals surface area contributed by atoms with Crippen LogP contribution in [-0.4, -0.2) is 29.0 Å². The minimum Gasteiger partial charge on any atom is -0.326 e. The lowest BCUT2D eigenvalue weighted by Gasteiger charge is -2.33. The lowest BCUT2D eigenvalue weighted by Crippen LogP contribution is -2.39. The van der Waals surface area contributed by atoms with Gasteiger partial charge in [0.15, 0.2) is 0 Å². The van der Waals surface area contributed by atoms with E-state index in [-0.39, 0.29) is 6.04 Å². The van der Waals surface area contributed by atoms with Crippen LogP contribution in [0.2, 0.25) is 0 Å². The summed E-state index contributed by atoms with van der Waals surface area (Å²) in [7, 11) is 0. The molecule has 2 heterocycles. The van der Waals surface area contributed by atoms with E-state index in [0.717, 1.165) is 25.0 Å². The van der Waals surface area contributed by atoms with Crippen LogP contribution in [0.4, 0.5) is 0 Å². The van der Waals surface area contributed by atoms with Gasteiger partial charge in [-0.2, -0.15) is 0 Å². The largest absolute Gasteiger partial charge is 0.326 e. The van der Waals surface area contributed by atoms with Gasteiger partial charge in [-0.15, -0.1) is 0 Å². The number of nitrogens with zero attached hydrogens (tertiary/aromatic N) is 2. The maximum absolute atomic E-state index is 6.50. The zero-order chi connectivity index (χ0) is 13.9. The molecule has 3 rings (SSSR count). The zero-order valence-electron chi connectivity index (χ0n) is 12.1. The quantitative estimate of drug-likeness (QED) is 0.911. The van der Waals surface area contributed by atoms with Crippen molar-refractivity contribution < 1.29 is 0 Å². The van der Waals surface area contributed by atoms with Crippen molar-refractivity contribution >= 4 is 10.9 Å².